The summed E-state index contributed by atoms with van der Waals surface area (Å²) < 4.78 is 0. The van der Waals surface area contributed by atoms with Crippen molar-refractivity contribution in [3.05, 3.63) is 52.5 Å². The molecule has 10 heteroatoms. The van der Waals surface area contributed by atoms with Gasteiger partial charge in [-0.25, -0.2) is 0 Å². The summed E-state index contributed by atoms with van der Waals surface area (Å²) in [7, 11) is 0. The number of benzene rings is 2. The molecule has 146 valence electrons. The van der Waals surface area contributed by atoms with Gasteiger partial charge in [0.25, 0.3) is 0 Å². The molecule has 0 saturated heterocycles. The summed E-state index contributed by atoms with van der Waals surface area (Å²) in [5.41, 5.74) is 1.19. The lowest BCUT2D eigenvalue weighted by Crippen LogP contribution is -2.39. The maximum atomic E-state index is 11.9. The second-order valence-electron chi connectivity index (χ2n) is 5.57. The van der Waals surface area contributed by atoms with Crippen LogP contribution >= 0.6 is 23.2 Å². The van der Waals surface area contributed by atoms with Crippen LogP contribution < -0.4 is 21.3 Å². The molecular formula is C18H16Cl2N4O4. The normalized spacial score (nSPS) is 9.96. The van der Waals surface area contributed by atoms with Gasteiger partial charge in [0.05, 0.1) is 17.3 Å². The first-order valence-electron chi connectivity index (χ1n) is 7.96. The predicted octanol–water partition coefficient (Wildman–Crippen LogP) is 2.65. The molecular weight excluding hydrogens is 407 g/mol. The van der Waals surface area contributed by atoms with E-state index in [2.05, 4.69) is 21.3 Å². The molecule has 0 atom stereocenters. The van der Waals surface area contributed by atoms with Gasteiger partial charge in [-0.1, -0.05) is 23.2 Å². The maximum Gasteiger partial charge on any atom is 0.313 e. The van der Waals surface area contributed by atoms with Gasteiger partial charge < -0.3 is 21.3 Å². The summed E-state index contributed by atoms with van der Waals surface area (Å²) in [5, 5.41) is 10.3. The van der Waals surface area contributed by atoms with E-state index in [-0.39, 0.29) is 16.6 Å². The summed E-state index contributed by atoms with van der Waals surface area (Å²) in [6, 6.07) is 10.7. The van der Waals surface area contributed by atoms with E-state index in [4.69, 9.17) is 23.2 Å². The van der Waals surface area contributed by atoms with Crippen molar-refractivity contribution >= 4 is 63.9 Å². The van der Waals surface area contributed by atoms with E-state index in [9.17, 15) is 19.2 Å². The third-order valence-corrected chi connectivity index (χ3v) is 3.85. The molecule has 0 saturated carbocycles. The Kier molecular flexibility index (Phi) is 7.36. The number of hydrogen-bond donors (Lipinski definition) is 4. The Morgan fingerprint density at radius 2 is 1.43 bits per heavy atom. The Bertz CT molecular complexity index is 916. The fourth-order valence-corrected chi connectivity index (χ4v) is 2.39. The third kappa shape index (κ3) is 6.57. The summed E-state index contributed by atoms with van der Waals surface area (Å²) in [6.45, 7) is 0.938. The summed E-state index contributed by atoms with van der Waals surface area (Å²) in [6.07, 6.45) is 0. The van der Waals surface area contributed by atoms with Gasteiger partial charge in [-0.15, -0.1) is 0 Å². The largest absolute Gasteiger partial charge is 0.339 e. The number of rotatable bonds is 5. The average molecular weight is 423 g/mol. The molecule has 0 bridgehead atoms. The molecule has 8 nitrogen and oxygen atoms in total. The zero-order valence-electron chi connectivity index (χ0n) is 14.6. The number of nitrogens with one attached hydrogen (secondary N) is 4. The third-order valence-electron chi connectivity index (χ3n) is 3.28. The van der Waals surface area contributed by atoms with Gasteiger partial charge in [0, 0.05) is 23.3 Å². The van der Waals surface area contributed by atoms with Crippen LogP contribution in [0.25, 0.3) is 0 Å². The lowest BCUT2D eigenvalue weighted by atomic mass is 10.2. The SMILES string of the molecule is CC(=O)Nc1ccc(NC(=O)C(=O)NCC(=O)Nc2cc(Cl)ccc2Cl)cc1. The van der Waals surface area contributed by atoms with Crippen LogP contribution in [0.3, 0.4) is 0 Å². The molecule has 4 N–H and O–H groups in total. The number of carbonyl (C=O) groups is 4. The van der Waals surface area contributed by atoms with Gasteiger partial charge in [-0.2, -0.15) is 0 Å². The topological polar surface area (TPSA) is 116 Å². The summed E-state index contributed by atoms with van der Waals surface area (Å²) in [5.74, 6) is -2.74. The molecule has 28 heavy (non-hydrogen) atoms. The molecule has 0 aliphatic heterocycles. The van der Waals surface area contributed by atoms with Crippen LogP contribution in [0.2, 0.25) is 10.0 Å². The quantitative estimate of drug-likeness (QED) is 0.554. The fourth-order valence-electron chi connectivity index (χ4n) is 2.06. The summed E-state index contributed by atoms with van der Waals surface area (Å²) in [4.78, 5) is 46.6. The molecule has 0 spiro atoms. The maximum absolute atomic E-state index is 11.9. The highest BCUT2D eigenvalue weighted by Crippen LogP contribution is 2.25. The first-order valence-corrected chi connectivity index (χ1v) is 8.72. The van der Waals surface area contributed by atoms with E-state index in [1.165, 1.54) is 31.2 Å². The minimum atomic E-state index is -0.988. The van der Waals surface area contributed by atoms with Gasteiger partial charge in [-0.05, 0) is 42.5 Å². The molecule has 0 aromatic heterocycles. The van der Waals surface area contributed by atoms with E-state index in [0.29, 0.717) is 16.4 Å². The minimum Gasteiger partial charge on any atom is -0.339 e. The standard InChI is InChI=1S/C18H16Cl2N4O4/c1-10(25)22-12-3-5-13(6-4-12)23-18(28)17(27)21-9-16(26)24-15-8-11(19)2-7-14(15)20/h2-8H,9H2,1H3,(H,21,27)(H,22,25)(H,23,28)(H,24,26). The van der Waals surface area contributed by atoms with Crippen molar-refractivity contribution in [3.63, 3.8) is 0 Å². The number of halogens is 2. The van der Waals surface area contributed by atoms with Gasteiger partial charge in [-0.3, -0.25) is 19.2 Å². The number of amides is 4. The van der Waals surface area contributed by atoms with Crippen molar-refractivity contribution in [1.82, 2.24) is 5.32 Å². The lowest BCUT2D eigenvalue weighted by molar-refractivity contribution is -0.136. The second kappa shape index (κ2) is 9.72. The molecule has 0 aliphatic carbocycles. The summed E-state index contributed by atoms with van der Waals surface area (Å²) >= 11 is 11.8. The van der Waals surface area contributed by atoms with Crippen molar-refractivity contribution < 1.29 is 19.2 Å². The number of carbonyl (C=O) groups excluding carboxylic acids is 4. The fraction of sp³-hybridized carbons (Fsp3) is 0.111. The van der Waals surface area contributed by atoms with Crippen molar-refractivity contribution in [1.29, 1.82) is 0 Å². The van der Waals surface area contributed by atoms with Gasteiger partial charge >= 0.3 is 11.8 Å². The van der Waals surface area contributed by atoms with E-state index in [1.54, 1.807) is 18.2 Å². The molecule has 4 amide bonds. The molecule has 0 fully saturated rings. The molecule has 0 unspecified atom stereocenters. The highest BCUT2D eigenvalue weighted by molar-refractivity contribution is 6.40. The Hall–Kier alpha value is -3.10. The van der Waals surface area contributed by atoms with Crippen LogP contribution in [0.1, 0.15) is 6.92 Å². The lowest BCUT2D eigenvalue weighted by Gasteiger charge is -2.09. The van der Waals surface area contributed by atoms with Crippen LogP contribution in [-0.2, 0) is 19.2 Å². The van der Waals surface area contributed by atoms with E-state index < -0.39 is 24.3 Å². The van der Waals surface area contributed by atoms with E-state index in [1.807, 2.05) is 0 Å². The predicted molar refractivity (Wildman–Crippen MR) is 107 cm³/mol. The van der Waals surface area contributed by atoms with Crippen molar-refractivity contribution in [2.45, 2.75) is 6.92 Å². The smallest absolute Gasteiger partial charge is 0.313 e. The zero-order valence-corrected chi connectivity index (χ0v) is 16.1. The number of anilines is 3. The monoisotopic (exact) mass is 422 g/mol. The molecule has 2 rings (SSSR count). The van der Waals surface area contributed by atoms with Crippen LogP contribution in [0, 0.1) is 0 Å². The van der Waals surface area contributed by atoms with Crippen molar-refractivity contribution in [2.24, 2.45) is 0 Å². The highest BCUT2D eigenvalue weighted by atomic mass is 35.5. The van der Waals surface area contributed by atoms with Crippen LogP contribution in [0.5, 0.6) is 0 Å². The molecule has 0 radical (unpaired) electrons. The second-order valence-corrected chi connectivity index (χ2v) is 6.41. The Labute approximate surface area is 170 Å². The Morgan fingerprint density at radius 3 is 2.04 bits per heavy atom. The molecule has 2 aromatic rings. The van der Waals surface area contributed by atoms with Gasteiger partial charge in [0.2, 0.25) is 11.8 Å². The van der Waals surface area contributed by atoms with Crippen molar-refractivity contribution in [2.75, 3.05) is 22.5 Å². The van der Waals surface area contributed by atoms with Crippen LogP contribution in [-0.4, -0.2) is 30.2 Å². The van der Waals surface area contributed by atoms with Gasteiger partial charge in [0.1, 0.15) is 0 Å². The Morgan fingerprint density at radius 1 is 0.821 bits per heavy atom. The Balaban J connectivity index is 1.83. The molecule has 0 heterocycles. The molecule has 0 aliphatic rings. The first kappa shape index (κ1) is 21.2. The zero-order chi connectivity index (χ0) is 20.7. The van der Waals surface area contributed by atoms with E-state index in [0.717, 1.165) is 0 Å². The highest BCUT2D eigenvalue weighted by Gasteiger charge is 2.15. The van der Waals surface area contributed by atoms with Crippen LogP contribution in [0.15, 0.2) is 42.5 Å². The average Bonchev–Trinajstić information content (AvgIpc) is 2.64. The van der Waals surface area contributed by atoms with Gasteiger partial charge in [0.15, 0.2) is 0 Å². The number of hydrogen-bond acceptors (Lipinski definition) is 4. The van der Waals surface area contributed by atoms with Crippen molar-refractivity contribution in [3.8, 4) is 0 Å². The van der Waals surface area contributed by atoms with E-state index >= 15 is 0 Å². The van der Waals surface area contributed by atoms with Crippen LogP contribution in [0.4, 0.5) is 17.1 Å². The first-order chi connectivity index (χ1) is 13.2. The minimum absolute atomic E-state index is 0.228. The molecule has 2 aromatic carbocycles.